The van der Waals surface area contributed by atoms with E-state index in [4.69, 9.17) is 46.4 Å². The Morgan fingerprint density at radius 2 is 1.47 bits per heavy atom. The predicted octanol–water partition coefficient (Wildman–Crippen LogP) is 8.89. The quantitative estimate of drug-likeness (QED) is 0.156. The molecule has 5 rings (SSSR count). The minimum absolute atomic E-state index is 0.0267. The molecule has 1 aliphatic rings. The number of hydrogen-bond donors (Lipinski definition) is 1. The van der Waals surface area contributed by atoms with Crippen LogP contribution in [0.1, 0.15) is 48.8 Å². The number of aryl methyl sites for hydroxylation is 1. The number of carbonyl (C=O) groups is 2. The first kappa shape index (κ1) is 37.0. The molecule has 1 atom stereocenters. The lowest BCUT2D eigenvalue weighted by atomic mass is 9.94. The zero-order chi connectivity index (χ0) is 35.1. The van der Waals surface area contributed by atoms with E-state index in [9.17, 15) is 18.0 Å². The second-order valence-corrected chi connectivity index (χ2v) is 15.8. The van der Waals surface area contributed by atoms with Gasteiger partial charge in [0.25, 0.3) is 10.0 Å². The smallest absolute Gasteiger partial charge is 0.264 e. The van der Waals surface area contributed by atoms with E-state index in [0.717, 1.165) is 47.5 Å². The summed E-state index contributed by atoms with van der Waals surface area (Å²) < 4.78 is 29.6. The fraction of sp³-hybridized carbons (Fsp3) is 0.297. The van der Waals surface area contributed by atoms with Gasteiger partial charge in [0, 0.05) is 34.1 Å². The Hall–Kier alpha value is -3.27. The number of amides is 2. The molecule has 0 aromatic heterocycles. The fourth-order valence-electron chi connectivity index (χ4n) is 5.96. The number of sulfonamides is 1. The lowest BCUT2D eigenvalue weighted by Crippen LogP contribution is -2.55. The van der Waals surface area contributed by atoms with Gasteiger partial charge in [0.1, 0.15) is 12.6 Å². The summed E-state index contributed by atoms with van der Waals surface area (Å²) in [5.74, 6) is -0.972. The van der Waals surface area contributed by atoms with Gasteiger partial charge in [-0.2, -0.15) is 0 Å². The second kappa shape index (κ2) is 16.6. The molecular formula is C37H37Cl4N3O4S. The number of rotatable bonds is 12. The van der Waals surface area contributed by atoms with Gasteiger partial charge in [0.2, 0.25) is 11.8 Å². The summed E-state index contributed by atoms with van der Waals surface area (Å²) >= 11 is 25.7. The Labute approximate surface area is 308 Å². The highest BCUT2D eigenvalue weighted by molar-refractivity contribution is 7.92. The SMILES string of the molecule is Cc1ccc(S(=O)(=O)N(CC(=O)N(Cc2ccc(Cl)cc2Cl)[C@@H](Cc2ccccc2)C(=O)NC2CCCCC2)c2cc(Cl)ccc2Cl)cc1. The maximum atomic E-state index is 14.8. The lowest BCUT2D eigenvalue weighted by Gasteiger charge is -2.35. The zero-order valence-corrected chi connectivity index (χ0v) is 30.8. The van der Waals surface area contributed by atoms with Gasteiger partial charge in [-0.25, -0.2) is 8.42 Å². The number of halogens is 4. The van der Waals surface area contributed by atoms with Gasteiger partial charge in [-0.1, -0.05) is 120 Å². The van der Waals surface area contributed by atoms with Crippen LogP contribution >= 0.6 is 46.4 Å². The molecule has 0 unspecified atom stereocenters. The molecule has 0 spiro atoms. The molecule has 7 nitrogen and oxygen atoms in total. The normalized spacial score (nSPS) is 14.2. The van der Waals surface area contributed by atoms with Crippen LogP contribution in [-0.4, -0.2) is 43.8 Å². The van der Waals surface area contributed by atoms with Crippen LogP contribution in [0, 0.1) is 6.92 Å². The van der Waals surface area contributed by atoms with Gasteiger partial charge in [-0.15, -0.1) is 0 Å². The van der Waals surface area contributed by atoms with E-state index in [2.05, 4.69) is 5.32 Å². The second-order valence-electron chi connectivity index (χ2n) is 12.2. The standard InChI is InChI=1S/C37H37Cl4N3O4S/c1-25-12-17-31(18-13-25)49(47,48)44(34-22-29(39)16-19-32(34)40)24-36(45)43(23-27-14-15-28(38)21-33(27)41)35(20-26-8-4-2-5-9-26)37(46)42-30-10-6-3-7-11-30/h2,4-5,8-9,12-19,21-22,30,35H,3,6-7,10-11,20,23-24H2,1H3,(H,42,46)/t35-/m0/s1. The Balaban J connectivity index is 1.60. The van der Waals surface area contributed by atoms with E-state index >= 15 is 0 Å². The van der Waals surface area contributed by atoms with Gasteiger partial charge < -0.3 is 10.2 Å². The molecule has 0 radical (unpaired) electrons. The molecule has 0 bridgehead atoms. The van der Waals surface area contributed by atoms with E-state index in [-0.39, 0.29) is 45.5 Å². The number of carbonyl (C=O) groups excluding carboxylic acids is 2. The van der Waals surface area contributed by atoms with Crippen molar-refractivity contribution in [3.05, 3.63) is 128 Å². The topological polar surface area (TPSA) is 86.8 Å². The van der Waals surface area contributed by atoms with Gasteiger partial charge in [0.15, 0.2) is 0 Å². The first-order valence-electron chi connectivity index (χ1n) is 16.0. The van der Waals surface area contributed by atoms with Crippen LogP contribution in [0.4, 0.5) is 5.69 Å². The minimum Gasteiger partial charge on any atom is -0.352 e. The Morgan fingerprint density at radius 3 is 2.14 bits per heavy atom. The average molecular weight is 762 g/mol. The van der Waals surface area contributed by atoms with Crippen LogP contribution in [-0.2, 0) is 32.6 Å². The third kappa shape index (κ3) is 9.50. The molecule has 4 aromatic rings. The van der Waals surface area contributed by atoms with E-state index in [1.54, 1.807) is 30.3 Å². The van der Waals surface area contributed by atoms with Crippen molar-refractivity contribution in [1.29, 1.82) is 0 Å². The zero-order valence-electron chi connectivity index (χ0n) is 26.9. The fourth-order valence-corrected chi connectivity index (χ4v) is 8.29. The molecule has 0 aliphatic heterocycles. The highest BCUT2D eigenvalue weighted by Gasteiger charge is 2.36. The molecule has 1 fully saturated rings. The summed E-state index contributed by atoms with van der Waals surface area (Å²) in [6, 6.07) is 24.0. The maximum absolute atomic E-state index is 14.8. The molecule has 0 heterocycles. The van der Waals surface area contributed by atoms with Crippen LogP contribution < -0.4 is 9.62 Å². The van der Waals surface area contributed by atoms with E-state index in [1.165, 1.54) is 35.2 Å². The van der Waals surface area contributed by atoms with Crippen LogP contribution in [0.5, 0.6) is 0 Å². The number of hydrogen-bond acceptors (Lipinski definition) is 4. The largest absolute Gasteiger partial charge is 0.352 e. The van der Waals surface area contributed by atoms with Crippen LogP contribution in [0.3, 0.4) is 0 Å². The molecule has 12 heteroatoms. The van der Waals surface area contributed by atoms with Crippen LogP contribution in [0.25, 0.3) is 0 Å². The molecule has 4 aromatic carbocycles. The highest BCUT2D eigenvalue weighted by Crippen LogP contribution is 2.34. The van der Waals surface area contributed by atoms with Gasteiger partial charge >= 0.3 is 0 Å². The van der Waals surface area contributed by atoms with Crippen LogP contribution in [0.2, 0.25) is 20.1 Å². The van der Waals surface area contributed by atoms with Gasteiger partial charge in [0.05, 0.1) is 15.6 Å². The number of nitrogens with one attached hydrogen (secondary N) is 1. The monoisotopic (exact) mass is 759 g/mol. The first-order chi connectivity index (χ1) is 23.4. The summed E-state index contributed by atoms with van der Waals surface area (Å²) in [6.45, 7) is 1.08. The molecular weight excluding hydrogens is 724 g/mol. The summed E-state index contributed by atoms with van der Waals surface area (Å²) in [4.78, 5) is 30.4. The summed E-state index contributed by atoms with van der Waals surface area (Å²) in [5, 5.41) is 4.22. The number of benzene rings is 4. The molecule has 2 amide bonds. The highest BCUT2D eigenvalue weighted by atomic mass is 35.5. The van der Waals surface area contributed by atoms with Crippen molar-refractivity contribution < 1.29 is 18.0 Å². The Bertz CT molecular complexity index is 1890. The molecule has 0 saturated heterocycles. The van der Waals surface area contributed by atoms with Gasteiger partial charge in [-0.05, 0) is 73.4 Å². The summed E-state index contributed by atoms with van der Waals surface area (Å²) in [5.41, 5.74) is 2.25. The molecule has 49 heavy (non-hydrogen) atoms. The van der Waals surface area contributed by atoms with E-state index < -0.39 is 28.5 Å². The molecule has 258 valence electrons. The summed E-state index contributed by atoms with van der Waals surface area (Å²) in [7, 11) is -4.35. The van der Waals surface area contributed by atoms with Gasteiger partial charge in [-0.3, -0.25) is 13.9 Å². The average Bonchev–Trinajstić information content (AvgIpc) is 3.08. The third-order valence-corrected chi connectivity index (χ3v) is 11.6. The minimum atomic E-state index is -4.35. The lowest BCUT2D eigenvalue weighted by molar-refractivity contribution is -0.140. The predicted molar refractivity (Wildman–Crippen MR) is 198 cm³/mol. The van der Waals surface area contributed by atoms with Crippen molar-refractivity contribution in [1.82, 2.24) is 10.2 Å². The molecule has 1 saturated carbocycles. The van der Waals surface area contributed by atoms with Crippen molar-refractivity contribution >= 4 is 73.9 Å². The summed E-state index contributed by atoms with van der Waals surface area (Å²) in [6.07, 6.45) is 4.98. The Kier molecular flexibility index (Phi) is 12.6. The van der Waals surface area contributed by atoms with Crippen LogP contribution in [0.15, 0.2) is 95.9 Å². The first-order valence-corrected chi connectivity index (χ1v) is 19.0. The van der Waals surface area contributed by atoms with Crippen molar-refractivity contribution in [2.45, 2.75) is 69.0 Å². The third-order valence-electron chi connectivity index (χ3n) is 8.64. The van der Waals surface area contributed by atoms with Crippen molar-refractivity contribution in [2.24, 2.45) is 0 Å². The number of nitrogens with zero attached hydrogens (tertiary/aromatic N) is 2. The van der Waals surface area contributed by atoms with Crippen molar-refractivity contribution in [3.63, 3.8) is 0 Å². The van der Waals surface area contributed by atoms with Crippen molar-refractivity contribution in [3.8, 4) is 0 Å². The Morgan fingerprint density at radius 1 is 0.816 bits per heavy atom. The van der Waals surface area contributed by atoms with E-state index in [0.29, 0.717) is 15.6 Å². The molecule has 1 aliphatic carbocycles. The number of anilines is 1. The van der Waals surface area contributed by atoms with Crippen molar-refractivity contribution in [2.75, 3.05) is 10.8 Å². The maximum Gasteiger partial charge on any atom is 0.264 e. The molecule has 1 N–H and O–H groups in total. The van der Waals surface area contributed by atoms with E-state index in [1.807, 2.05) is 37.3 Å².